The smallest absolute Gasteiger partial charge is 0.309 e. The molecule has 2 unspecified atom stereocenters. The Bertz CT molecular complexity index is 139. The van der Waals surface area contributed by atoms with E-state index in [-0.39, 0.29) is 12.5 Å². The number of rotatable bonds is 3. The lowest BCUT2D eigenvalue weighted by atomic mass is 9.93. The van der Waals surface area contributed by atoms with Crippen molar-refractivity contribution < 1.29 is 19.7 Å². The Morgan fingerprint density at radius 3 is 2.82 bits per heavy atom. The van der Waals surface area contributed by atoms with Gasteiger partial charge in [0.1, 0.15) is 0 Å². The predicted molar refractivity (Wildman–Crippen MR) is 37.1 cm³/mol. The number of carboxylic acids is 1. The first-order valence-corrected chi connectivity index (χ1v) is 3.67. The molecule has 0 aromatic rings. The second-order valence-corrected chi connectivity index (χ2v) is 2.75. The number of aliphatic hydroxyl groups excluding tert-OH is 1. The summed E-state index contributed by atoms with van der Waals surface area (Å²) in [7, 11) is 0. The molecule has 0 radical (unpaired) electrons. The van der Waals surface area contributed by atoms with Gasteiger partial charge >= 0.3 is 5.97 Å². The zero-order valence-corrected chi connectivity index (χ0v) is 6.19. The highest BCUT2D eigenvalue weighted by Crippen LogP contribution is 2.21. The molecule has 4 nitrogen and oxygen atoms in total. The fourth-order valence-corrected chi connectivity index (χ4v) is 1.30. The Balaban J connectivity index is 2.46. The summed E-state index contributed by atoms with van der Waals surface area (Å²) >= 11 is 0. The van der Waals surface area contributed by atoms with Crippen LogP contribution >= 0.6 is 0 Å². The molecular formula is C7H12O4. The fourth-order valence-electron chi connectivity index (χ4n) is 1.30. The van der Waals surface area contributed by atoms with Crippen molar-refractivity contribution in [3.63, 3.8) is 0 Å². The molecule has 1 aliphatic heterocycles. The minimum atomic E-state index is -0.928. The molecule has 4 heteroatoms. The molecule has 0 saturated carbocycles. The van der Waals surface area contributed by atoms with Crippen molar-refractivity contribution in [2.24, 2.45) is 11.8 Å². The molecule has 0 spiro atoms. The number of carbonyl (C=O) groups is 1. The van der Waals surface area contributed by atoms with Gasteiger partial charge in [0, 0.05) is 6.61 Å². The molecule has 64 valence electrons. The highest BCUT2D eigenvalue weighted by atomic mass is 16.5. The van der Waals surface area contributed by atoms with E-state index in [1.807, 2.05) is 0 Å². The first-order valence-electron chi connectivity index (χ1n) is 3.67. The average molecular weight is 160 g/mol. The zero-order chi connectivity index (χ0) is 8.27. The molecule has 1 saturated heterocycles. The van der Waals surface area contributed by atoms with Crippen molar-refractivity contribution in [3.05, 3.63) is 0 Å². The third kappa shape index (κ3) is 1.91. The normalized spacial score (nSPS) is 26.8. The second-order valence-electron chi connectivity index (χ2n) is 2.75. The maximum absolute atomic E-state index is 10.5. The van der Waals surface area contributed by atoms with Crippen molar-refractivity contribution in [2.75, 3.05) is 19.8 Å². The number of carboxylic acid groups (broad SMARTS) is 1. The van der Waals surface area contributed by atoms with Gasteiger partial charge in [0.25, 0.3) is 0 Å². The zero-order valence-electron chi connectivity index (χ0n) is 6.19. The number of hydrogen-bond acceptors (Lipinski definition) is 3. The maximum Gasteiger partial charge on any atom is 0.309 e. The molecule has 2 N–H and O–H groups in total. The van der Waals surface area contributed by atoms with E-state index >= 15 is 0 Å². The number of ether oxygens (including phenoxy) is 1. The van der Waals surface area contributed by atoms with Gasteiger partial charge in [0.2, 0.25) is 0 Å². The lowest BCUT2D eigenvalue weighted by Gasteiger charge is -2.14. The summed E-state index contributed by atoms with van der Waals surface area (Å²) in [5.41, 5.74) is 0. The van der Waals surface area contributed by atoms with Crippen molar-refractivity contribution in [1.29, 1.82) is 0 Å². The third-order valence-corrected chi connectivity index (χ3v) is 2.05. The average Bonchev–Trinajstić information content (AvgIpc) is 2.40. The van der Waals surface area contributed by atoms with Gasteiger partial charge in [-0.1, -0.05) is 0 Å². The van der Waals surface area contributed by atoms with Crippen LogP contribution in [0.3, 0.4) is 0 Å². The molecule has 0 aromatic heterocycles. The molecular weight excluding hydrogens is 148 g/mol. The third-order valence-electron chi connectivity index (χ3n) is 2.05. The van der Waals surface area contributed by atoms with Crippen LogP contribution in [0.4, 0.5) is 0 Å². The Labute approximate surface area is 64.8 Å². The monoisotopic (exact) mass is 160 g/mol. The molecule has 1 fully saturated rings. The van der Waals surface area contributed by atoms with Crippen LogP contribution < -0.4 is 0 Å². The lowest BCUT2D eigenvalue weighted by Crippen LogP contribution is -2.27. The van der Waals surface area contributed by atoms with Crippen LogP contribution in [0.25, 0.3) is 0 Å². The van der Waals surface area contributed by atoms with Gasteiger partial charge in [-0.05, 0) is 12.3 Å². The lowest BCUT2D eigenvalue weighted by molar-refractivity contribution is -0.145. The van der Waals surface area contributed by atoms with Crippen LogP contribution in [0.5, 0.6) is 0 Å². The van der Waals surface area contributed by atoms with E-state index in [1.54, 1.807) is 0 Å². The van der Waals surface area contributed by atoms with Gasteiger partial charge in [0.05, 0.1) is 19.1 Å². The summed E-state index contributed by atoms with van der Waals surface area (Å²) in [5, 5.41) is 17.3. The van der Waals surface area contributed by atoms with E-state index in [9.17, 15) is 4.79 Å². The summed E-state index contributed by atoms with van der Waals surface area (Å²) in [4.78, 5) is 10.5. The summed E-state index contributed by atoms with van der Waals surface area (Å²) in [6.45, 7) is 0.801. The van der Waals surface area contributed by atoms with Crippen molar-refractivity contribution >= 4 is 5.97 Å². The van der Waals surface area contributed by atoms with Crippen LogP contribution in [0, 0.1) is 11.8 Å². The summed E-state index contributed by atoms with van der Waals surface area (Å²) in [6.07, 6.45) is 0.748. The van der Waals surface area contributed by atoms with Crippen LogP contribution in [0.2, 0.25) is 0 Å². The van der Waals surface area contributed by atoms with Crippen LogP contribution in [-0.2, 0) is 9.53 Å². The molecule has 1 aliphatic rings. The van der Waals surface area contributed by atoms with Crippen molar-refractivity contribution in [2.45, 2.75) is 6.42 Å². The predicted octanol–water partition coefficient (Wildman–Crippen LogP) is -0.284. The first-order chi connectivity index (χ1) is 5.25. The Kier molecular flexibility index (Phi) is 2.84. The van der Waals surface area contributed by atoms with Gasteiger partial charge in [-0.15, -0.1) is 0 Å². The molecule has 11 heavy (non-hydrogen) atoms. The van der Waals surface area contributed by atoms with Crippen molar-refractivity contribution in [1.82, 2.24) is 0 Å². The Morgan fingerprint density at radius 1 is 1.73 bits per heavy atom. The van der Waals surface area contributed by atoms with E-state index in [1.165, 1.54) is 0 Å². The fraction of sp³-hybridized carbons (Fsp3) is 0.857. The van der Waals surface area contributed by atoms with Crippen LogP contribution in [0.15, 0.2) is 0 Å². The molecule has 1 heterocycles. The Morgan fingerprint density at radius 2 is 2.45 bits per heavy atom. The quantitative estimate of drug-likeness (QED) is 0.595. The molecule has 0 amide bonds. The molecule has 0 aliphatic carbocycles. The topological polar surface area (TPSA) is 66.8 Å². The van der Waals surface area contributed by atoms with Crippen LogP contribution in [0.1, 0.15) is 6.42 Å². The van der Waals surface area contributed by atoms with Crippen molar-refractivity contribution in [3.8, 4) is 0 Å². The van der Waals surface area contributed by atoms with E-state index in [0.29, 0.717) is 13.2 Å². The van der Waals surface area contributed by atoms with Crippen LogP contribution in [-0.4, -0.2) is 36.0 Å². The minimum absolute atomic E-state index is 0.00231. The van der Waals surface area contributed by atoms with Gasteiger partial charge < -0.3 is 14.9 Å². The molecule has 0 aromatic carbocycles. The standard InChI is InChI=1S/C7H12O4/c8-3-6(7(9)10)5-1-2-11-4-5/h5-6,8H,1-4H2,(H,9,10). The summed E-state index contributed by atoms with van der Waals surface area (Å²) in [6, 6.07) is 0. The molecule has 1 rings (SSSR count). The highest BCUT2D eigenvalue weighted by Gasteiger charge is 2.30. The first kappa shape index (κ1) is 8.49. The second kappa shape index (κ2) is 3.69. The number of aliphatic hydroxyl groups is 1. The largest absolute Gasteiger partial charge is 0.481 e. The van der Waals surface area contributed by atoms with E-state index < -0.39 is 11.9 Å². The van der Waals surface area contributed by atoms with E-state index in [0.717, 1.165) is 6.42 Å². The molecule has 2 atom stereocenters. The SMILES string of the molecule is O=C(O)C(CO)C1CCOC1. The minimum Gasteiger partial charge on any atom is -0.481 e. The van der Waals surface area contributed by atoms with Gasteiger partial charge in [0.15, 0.2) is 0 Å². The van der Waals surface area contributed by atoms with Gasteiger partial charge in [-0.3, -0.25) is 4.79 Å². The Hall–Kier alpha value is -0.610. The molecule has 0 bridgehead atoms. The summed E-state index contributed by atoms with van der Waals surface area (Å²) in [5.74, 6) is -1.57. The van der Waals surface area contributed by atoms with Gasteiger partial charge in [-0.25, -0.2) is 0 Å². The van der Waals surface area contributed by atoms with E-state index in [4.69, 9.17) is 14.9 Å². The van der Waals surface area contributed by atoms with Gasteiger partial charge in [-0.2, -0.15) is 0 Å². The maximum atomic E-state index is 10.5. The summed E-state index contributed by atoms with van der Waals surface area (Å²) < 4.78 is 5.02. The van der Waals surface area contributed by atoms with E-state index in [2.05, 4.69) is 0 Å². The number of aliphatic carboxylic acids is 1. The number of hydrogen-bond donors (Lipinski definition) is 2. The highest BCUT2D eigenvalue weighted by molar-refractivity contribution is 5.70.